The van der Waals surface area contributed by atoms with Crippen LogP contribution in [-0.2, 0) is 6.42 Å². The summed E-state index contributed by atoms with van der Waals surface area (Å²) in [4.78, 5) is 19.1. The number of hydrogen-bond donors (Lipinski definition) is 1. The third kappa shape index (κ3) is 3.99. The smallest absolute Gasteiger partial charge is 0.0921 e. The van der Waals surface area contributed by atoms with E-state index in [1.54, 1.807) is 12.5 Å². The first-order chi connectivity index (χ1) is 12.6. The second kappa shape index (κ2) is 8.23. The molecule has 0 bridgehead atoms. The number of H-pyrrole nitrogens is 1. The number of aliphatic imine (C=N–C) groups is 1. The van der Waals surface area contributed by atoms with Gasteiger partial charge in [0.05, 0.1) is 29.8 Å². The fraction of sp³-hybridized carbons (Fsp3) is 0.381. The molecule has 2 aromatic rings. The molecule has 0 radical (unpaired) electrons. The molecule has 2 unspecified atom stereocenters. The van der Waals surface area contributed by atoms with Crippen molar-refractivity contribution in [1.82, 2.24) is 19.9 Å². The summed E-state index contributed by atoms with van der Waals surface area (Å²) in [6.45, 7) is 9.88. The Bertz CT molecular complexity index is 790. The van der Waals surface area contributed by atoms with Crippen molar-refractivity contribution in [3.8, 4) is 0 Å². The molecule has 0 aromatic carbocycles. The van der Waals surface area contributed by atoms with Crippen LogP contribution in [-0.4, -0.2) is 38.7 Å². The lowest BCUT2D eigenvalue weighted by Crippen LogP contribution is -2.44. The molecule has 0 amide bonds. The van der Waals surface area contributed by atoms with Crippen LogP contribution in [0.25, 0.3) is 0 Å². The van der Waals surface area contributed by atoms with Crippen LogP contribution in [0.15, 0.2) is 60.6 Å². The molecule has 2 atom stereocenters. The van der Waals surface area contributed by atoms with E-state index in [4.69, 9.17) is 4.98 Å². The zero-order chi connectivity index (χ0) is 18.5. The zero-order valence-electron chi connectivity index (χ0n) is 15.7. The number of nitrogens with one attached hydrogen (secondary N) is 1. The molecule has 0 aliphatic carbocycles. The molecule has 0 saturated carbocycles. The fourth-order valence-corrected chi connectivity index (χ4v) is 3.75. The van der Waals surface area contributed by atoms with Crippen LogP contribution in [0.1, 0.15) is 49.3 Å². The predicted molar refractivity (Wildman–Crippen MR) is 106 cm³/mol. The van der Waals surface area contributed by atoms with Crippen LogP contribution < -0.4 is 0 Å². The van der Waals surface area contributed by atoms with Gasteiger partial charge in [0.15, 0.2) is 0 Å². The van der Waals surface area contributed by atoms with Gasteiger partial charge in [-0.3, -0.25) is 14.9 Å². The molecular formula is C21H27N5. The second-order valence-corrected chi connectivity index (χ2v) is 6.91. The number of piperidine rings is 1. The summed E-state index contributed by atoms with van der Waals surface area (Å²) in [7, 11) is 2.17. The first-order valence-corrected chi connectivity index (χ1v) is 9.09. The van der Waals surface area contributed by atoms with Crippen molar-refractivity contribution in [3.63, 3.8) is 0 Å². The molecule has 2 aromatic heterocycles. The Balaban J connectivity index is 1.83. The molecule has 136 valence electrons. The first-order valence-electron chi connectivity index (χ1n) is 9.09. The Morgan fingerprint density at radius 2 is 2.27 bits per heavy atom. The van der Waals surface area contributed by atoms with Gasteiger partial charge in [-0.25, -0.2) is 4.98 Å². The fourth-order valence-electron chi connectivity index (χ4n) is 3.75. The van der Waals surface area contributed by atoms with Gasteiger partial charge in [-0.2, -0.15) is 0 Å². The number of aromatic amines is 1. The minimum Gasteiger partial charge on any atom is -0.348 e. The van der Waals surface area contributed by atoms with Crippen molar-refractivity contribution in [2.75, 3.05) is 7.05 Å². The van der Waals surface area contributed by atoms with Gasteiger partial charge >= 0.3 is 0 Å². The molecule has 3 heterocycles. The Morgan fingerprint density at radius 3 is 2.96 bits per heavy atom. The molecule has 1 fully saturated rings. The summed E-state index contributed by atoms with van der Waals surface area (Å²) in [5.74, 6) is 0. The molecule has 5 nitrogen and oxygen atoms in total. The molecule has 26 heavy (non-hydrogen) atoms. The standard InChI is InChI=1S/C21H27N5/c1-5-23-21(15(2)3)20-11-7-10-19(26(20)4)18-9-6-8-16(25-18)12-17-13-22-14-24-17/h5-6,8-9,13-14,19-20H,1-2,7,10-12H2,3-4H3,(H,22,24). The minimum atomic E-state index is 0.252. The maximum atomic E-state index is 4.93. The average molecular weight is 349 g/mol. The average Bonchev–Trinajstić information content (AvgIpc) is 3.13. The second-order valence-electron chi connectivity index (χ2n) is 6.91. The highest BCUT2D eigenvalue weighted by Crippen LogP contribution is 2.33. The molecule has 1 N–H and O–H groups in total. The van der Waals surface area contributed by atoms with E-state index < -0.39 is 0 Å². The molecule has 1 aliphatic rings. The van der Waals surface area contributed by atoms with Crippen molar-refractivity contribution < 1.29 is 0 Å². The molecule has 3 rings (SSSR count). The number of pyridine rings is 1. The third-order valence-corrected chi connectivity index (χ3v) is 5.02. The van der Waals surface area contributed by atoms with Crippen molar-refractivity contribution in [2.24, 2.45) is 4.99 Å². The van der Waals surface area contributed by atoms with Crippen LogP contribution in [0.4, 0.5) is 0 Å². The quantitative estimate of drug-likeness (QED) is 0.800. The van der Waals surface area contributed by atoms with E-state index in [1.165, 1.54) is 0 Å². The van der Waals surface area contributed by atoms with E-state index in [0.717, 1.165) is 54.0 Å². The molecule has 1 aliphatic heterocycles. The highest BCUT2D eigenvalue weighted by Gasteiger charge is 2.32. The van der Waals surface area contributed by atoms with Gasteiger partial charge in [-0.1, -0.05) is 19.2 Å². The van der Waals surface area contributed by atoms with Crippen LogP contribution in [0, 0.1) is 0 Å². The number of aromatic nitrogens is 3. The summed E-state index contributed by atoms with van der Waals surface area (Å²) >= 11 is 0. The normalized spacial score (nSPS) is 21.5. The summed E-state index contributed by atoms with van der Waals surface area (Å²) in [6, 6.07) is 6.84. The van der Waals surface area contributed by atoms with Gasteiger partial charge in [0.1, 0.15) is 0 Å². The monoisotopic (exact) mass is 349 g/mol. The largest absolute Gasteiger partial charge is 0.348 e. The van der Waals surface area contributed by atoms with E-state index in [1.807, 2.05) is 13.1 Å². The van der Waals surface area contributed by atoms with Crippen LogP contribution in [0.2, 0.25) is 0 Å². The number of rotatable bonds is 6. The topological polar surface area (TPSA) is 57.2 Å². The van der Waals surface area contributed by atoms with Crippen LogP contribution in [0.3, 0.4) is 0 Å². The van der Waals surface area contributed by atoms with E-state index in [2.05, 4.69) is 58.3 Å². The van der Waals surface area contributed by atoms with Crippen LogP contribution >= 0.6 is 0 Å². The number of nitrogens with zero attached hydrogens (tertiary/aromatic N) is 4. The van der Waals surface area contributed by atoms with E-state index >= 15 is 0 Å². The van der Waals surface area contributed by atoms with Crippen LogP contribution in [0.5, 0.6) is 0 Å². The maximum Gasteiger partial charge on any atom is 0.0921 e. The molecule has 0 spiro atoms. The Labute approximate surface area is 155 Å². The molecular weight excluding hydrogens is 322 g/mol. The number of likely N-dealkylation sites (tertiary alicyclic amines) is 1. The molecule has 5 heteroatoms. The van der Waals surface area contributed by atoms with Crippen molar-refractivity contribution in [2.45, 2.75) is 44.7 Å². The predicted octanol–water partition coefficient (Wildman–Crippen LogP) is 4.08. The van der Waals surface area contributed by atoms with Gasteiger partial charge in [0.25, 0.3) is 0 Å². The van der Waals surface area contributed by atoms with E-state index in [0.29, 0.717) is 0 Å². The van der Waals surface area contributed by atoms with Gasteiger partial charge < -0.3 is 4.98 Å². The van der Waals surface area contributed by atoms with Crippen molar-refractivity contribution >= 4 is 5.71 Å². The van der Waals surface area contributed by atoms with Crippen molar-refractivity contribution in [3.05, 3.63) is 72.7 Å². The van der Waals surface area contributed by atoms with Gasteiger partial charge in [0, 0.05) is 30.2 Å². The SMILES string of the molecule is C=CN=C(C(=C)C)C1CCCC(c2cccc(Cc3cnc[nH]3)n2)N1C. The Morgan fingerprint density at radius 1 is 1.42 bits per heavy atom. The van der Waals surface area contributed by atoms with Crippen molar-refractivity contribution in [1.29, 1.82) is 0 Å². The molecule has 1 saturated heterocycles. The lowest BCUT2D eigenvalue weighted by atomic mass is 9.89. The van der Waals surface area contributed by atoms with E-state index in [-0.39, 0.29) is 12.1 Å². The summed E-state index contributed by atoms with van der Waals surface area (Å²) in [6.07, 6.45) is 9.27. The highest BCUT2D eigenvalue weighted by atomic mass is 15.2. The first kappa shape index (κ1) is 18.3. The number of imidazole rings is 1. The Kier molecular flexibility index (Phi) is 5.78. The zero-order valence-corrected chi connectivity index (χ0v) is 15.7. The van der Waals surface area contributed by atoms with Gasteiger partial charge in [0.2, 0.25) is 0 Å². The van der Waals surface area contributed by atoms with Gasteiger partial charge in [-0.15, -0.1) is 0 Å². The third-order valence-electron chi connectivity index (χ3n) is 5.02. The lowest BCUT2D eigenvalue weighted by Gasteiger charge is -2.40. The minimum absolute atomic E-state index is 0.252. The lowest BCUT2D eigenvalue weighted by molar-refractivity contribution is 0.151. The number of hydrogen-bond acceptors (Lipinski definition) is 4. The maximum absolute atomic E-state index is 4.93. The summed E-state index contributed by atoms with van der Waals surface area (Å²) in [5, 5.41) is 0. The summed E-state index contributed by atoms with van der Waals surface area (Å²) < 4.78 is 0. The van der Waals surface area contributed by atoms with E-state index in [9.17, 15) is 0 Å². The Hall–Kier alpha value is -2.53. The van der Waals surface area contributed by atoms with Gasteiger partial charge in [-0.05, 0) is 50.9 Å². The highest BCUT2D eigenvalue weighted by molar-refractivity contribution is 6.03. The summed E-state index contributed by atoms with van der Waals surface area (Å²) in [5.41, 5.74) is 5.28.